The SMILES string of the molecule is Cn1ncc(N)c1-c1ccc(C(F)F)nc1. The van der Waals surface area contributed by atoms with E-state index in [4.69, 9.17) is 5.73 Å². The molecule has 0 radical (unpaired) electrons. The zero-order valence-electron chi connectivity index (χ0n) is 8.56. The van der Waals surface area contributed by atoms with Gasteiger partial charge in [0.1, 0.15) is 5.69 Å². The topological polar surface area (TPSA) is 56.7 Å². The van der Waals surface area contributed by atoms with Crippen LogP contribution in [0.5, 0.6) is 0 Å². The van der Waals surface area contributed by atoms with Gasteiger partial charge < -0.3 is 5.73 Å². The average Bonchev–Trinajstić information content (AvgIpc) is 2.59. The van der Waals surface area contributed by atoms with Crippen LogP contribution < -0.4 is 5.73 Å². The van der Waals surface area contributed by atoms with E-state index >= 15 is 0 Å². The Bertz CT molecular complexity index is 471. The van der Waals surface area contributed by atoms with Gasteiger partial charge in [0.2, 0.25) is 0 Å². The van der Waals surface area contributed by atoms with Crippen LogP contribution >= 0.6 is 0 Å². The van der Waals surface area contributed by atoms with Gasteiger partial charge in [-0.25, -0.2) is 8.78 Å². The first-order valence-corrected chi connectivity index (χ1v) is 4.61. The van der Waals surface area contributed by atoms with Gasteiger partial charge in [-0.3, -0.25) is 9.67 Å². The molecule has 2 rings (SSSR count). The Morgan fingerprint density at radius 1 is 1.31 bits per heavy atom. The number of pyridine rings is 1. The third-order valence-electron chi connectivity index (χ3n) is 2.25. The third kappa shape index (κ3) is 1.73. The number of nitrogen functional groups attached to an aromatic ring is 1. The molecular weight excluding hydrogens is 214 g/mol. The molecule has 16 heavy (non-hydrogen) atoms. The molecule has 2 heterocycles. The van der Waals surface area contributed by atoms with Crippen molar-refractivity contribution in [2.75, 3.05) is 5.73 Å². The summed E-state index contributed by atoms with van der Waals surface area (Å²) in [5.74, 6) is 0. The van der Waals surface area contributed by atoms with Crippen molar-refractivity contribution >= 4 is 5.69 Å². The molecule has 0 aliphatic carbocycles. The highest BCUT2D eigenvalue weighted by atomic mass is 19.3. The molecule has 0 fully saturated rings. The minimum atomic E-state index is -2.56. The molecular formula is C10H10F2N4. The summed E-state index contributed by atoms with van der Waals surface area (Å²) < 4.78 is 26.2. The molecule has 2 N–H and O–H groups in total. The molecule has 0 amide bonds. The maximum Gasteiger partial charge on any atom is 0.280 e. The van der Waals surface area contributed by atoms with E-state index in [0.717, 1.165) is 0 Å². The van der Waals surface area contributed by atoms with Gasteiger partial charge in [0, 0.05) is 18.8 Å². The molecule has 0 aliphatic rings. The van der Waals surface area contributed by atoms with Crippen LogP contribution in [-0.4, -0.2) is 14.8 Å². The zero-order valence-corrected chi connectivity index (χ0v) is 8.56. The van der Waals surface area contributed by atoms with Gasteiger partial charge in [0.05, 0.1) is 17.6 Å². The highest BCUT2D eigenvalue weighted by Crippen LogP contribution is 2.25. The van der Waals surface area contributed by atoms with Gasteiger partial charge in [-0.2, -0.15) is 5.10 Å². The number of rotatable bonds is 2. The number of aryl methyl sites for hydroxylation is 1. The zero-order chi connectivity index (χ0) is 11.7. The van der Waals surface area contributed by atoms with Gasteiger partial charge in [-0.15, -0.1) is 0 Å². The quantitative estimate of drug-likeness (QED) is 0.848. The minimum absolute atomic E-state index is 0.246. The summed E-state index contributed by atoms with van der Waals surface area (Å²) in [5, 5.41) is 3.97. The second-order valence-electron chi connectivity index (χ2n) is 3.34. The molecule has 0 aliphatic heterocycles. The van der Waals surface area contributed by atoms with E-state index in [-0.39, 0.29) is 5.69 Å². The van der Waals surface area contributed by atoms with Crippen LogP contribution in [0.2, 0.25) is 0 Å². The molecule has 84 valence electrons. The lowest BCUT2D eigenvalue weighted by Crippen LogP contribution is -1.97. The van der Waals surface area contributed by atoms with Crippen LogP contribution in [0.1, 0.15) is 12.1 Å². The number of anilines is 1. The Balaban J connectivity index is 2.42. The first-order valence-electron chi connectivity index (χ1n) is 4.61. The lowest BCUT2D eigenvalue weighted by Gasteiger charge is -2.04. The van der Waals surface area contributed by atoms with Crippen LogP contribution in [0.25, 0.3) is 11.3 Å². The number of hydrogen-bond donors (Lipinski definition) is 1. The number of alkyl halides is 2. The highest BCUT2D eigenvalue weighted by molar-refractivity contribution is 5.71. The second-order valence-corrected chi connectivity index (χ2v) is 3.34. The van der Waals surface area contributed by atoms with Crippen molar-refractivity contribution in [1.82, 2.24) is 14.8 Å². The van der Waals surface area contributed by atoms with Gasteiger partial charge in [0.15, 0.2) is 0 Å². The fourth-order valence-electron chi connectivity index (χ4n) is 1.48. The van der Waals surface area contributed by atoms with Crippen molar-refractivity contribution in [2.45, 2.75) is 6.43 Å². The average molecular weight is 224 g/mol. The Morgan fingerprint density at radius 2 is 2.06 bits per heavy atom. The Morgan fingerprint density at radius 3 is 2.50 bits per heavy atom. The molecule has 0 atom stereocenters. The Labute approximate surface area is 90.7 Å². The van der Waals surface area contributed by atoms with Crippen LogP contribution in [-0.2, 0) is 7.05 Å². The summed E-state index contributed by atoms with van der Waals surface area (Å²) in [4.78, 5) is 3.67. The van der Waals surface area contributed by atoms with Crippen molar-refractivity contribution in [1.29, 1.82) is 0 Å². The summed E-state index contributed by atoms with van der Waals surface area (Å²) in [5.41, 5.74) is 7.30. The molecule has 0 bridgehead atoms. The molecule has 0 saturated heterocycles. The van der Waals surface area contributed by atoms with Crippen LogP contribution in [0, 0.1) is 0 Å². The van der Waals surface area contributed by atoms with E-state index in [9.17, 15) is 8.78 Å². The van der Waals surface area contributed by atoms with E-state index in [1.807, 2.05) is 0 Å². The molecule has 0 unspecified atom stereocenters. The summed E-state index contributed by atoms with van der Waals surface area (Å²) in [7, 11) is 1.73. The molecule has 2 aromatic rings. The maximum atomic E-state index is 12.3. The lowest BCUT2D eigenvalue weighted by atomic mass is 10.2. The predicted octanol–water partition coefficient (Wildman–Crippen LogP) is 2.00. The molecule has 2 aromatic heterocycles. The largest absolute Gasteiger partial charge is 0.396 e. The highest BCUT2D eigenvalue weighted by Gasteiger charge is 2.11. The van der Waals surface area contributed by atoms with Gasteiger partial charge >= 0.3 is 0 Å². The molecule has 6 heteroatoms. The summed E-state index contributed by atoms with van der Waals surface area (Å²) >= 11 is 0. The van der Waals surface area contributed by atoms with Crippen molar-refractivity contribution in [3.05, 3.63) is 30.2 Å². The standard InChI is InChI=1S/C10H10F2N4/c1-16-9(7(13)5-15-16)6-2-3-8(10(11)12)14-4-6/h2-5,10H,13H2,1H3. The lowest BCUT2D eigenvalue weighted by molar-refractivity contribution is 0.146. The van der Waals surface area contributed by atoms with Crippen LogP contribution in [0.4, 0.5) is 14.5 Å². The van der Waals surface area contributed by atoms with E-state index in [2.05, 4.69) is 10.1 Å². The number of hydrogen-bond acceptors (Lipinski definition) is 3. The van der Waals surface area contributed by atoms with Crippen molar-refractivity contribution in [3.8, 4) is 11.3 Å². The number of halogens is 2. The summed E-state index contributed by atoms with van der Waals surface area (Å²) in [6, 6.07) is 2.84. The van der Waals surface area contributed by atoms with Gasteiger partial charge in [0.25, 0.3) is 6.43 Å². The normalized spacial score (nSPS) is 11.0. The van der Waals surface area contributed by atoms with Crippen molar-refractivity contribution in [3.63, 3.8) is 0 Å². The van der Waals surface area contributed by atoms with Crippen molar-refractivity contribution < 1.29 is 8.78 Å². The molecule has 0 aromatic carbocycles. The fourth-order valence-corrected chi connectivity index (χ4v) is 1.48. The third-order valence-corrected chi connectivity index (χ3v) is 2.25. The summed E-state index contributed by atoms with van der Waals surface area (Å²) in [6.07, 6.45) is 0.323. The van der Waals surface area contributed by atoms with E-state index in [0.29, 0.717) is 16.9 Å². The molecule has 4 nitrogen and oxygen atoms in total. The van der Waals surface area contributed by atoms with E-state index in [1.165, 1.54) is 18.5 Å². The number of aromatic nitrogens is 3. The Hall–Kier alpha value is -1.98. The summed E-state index contributed by atoms with van der Waals surface area (Å²) in [6.45, 7) is 0. The second kappa shape index (κ2) is 3.88. The fraction of sp³-hybridized carbons (Fsp3) is 0.200. The van der Waals surface area contributed by atoms with Crippen molar-refractivity contribution in [2.24, 2.45) is 7.05 Å². The van der Waals surface area contributed by atoms with Crippen LogP contribution in [0.3, 0.4) is 0 Å². The monoisotopic (exact) mass is 224 g/mol. The van der Waals surface area contributed by atoms with E-state index < -0.39 is 6.43 Å². The number of nitrogens with two attached hydrogens (primary N) is 1. The predicted molar refractivity (Wildman–Crippen MR) is 55.8 cm³/mol. The first-order chi connectivity index (χ1) is 7.59. The smallest absolute Gasteiger partial charge is 0.280 e. The van der Waals surface area contributed by atoms with Gasteiger partial charge in [-0.05, 0) is 12.1 Å². The number of nitrogens with zero attached hydrogens (tertiary/aromatic N) is 3. The Kier molecular flexibility index (Phi) is 2.55. The van der Waals surface area contributed by atoms with Crippen LogP contribution in [0.15, 0.2) is 24.5 Å². The minimum Gasteiger partial charge on any atom is -0.396 e. The molecule has 0 saturated carbocycles. The van der Waals surface area contributed by atoms with Gasteiger partial charge in [-0.1, -0.05) is 0 Å². The van der Waals surface area contributed by atoms with E-state index in [1.54, 1.807) is 17.8 Å². The maximum absolute atomic E-state index is 12.3. The molecule has 0 spiro atoms. The first kappa shape index (κ1) is 10.5.